The number of halogens is 1. The van der Waals surface area contributed by atoms with E-state index in [0.29, 0.717) is 17.7 Å². The molecule has 3 aliphatic heterocycles. The SMILES string of the molecule is C[C@H]1[C@H](NC(=O)c2ccc(-c3cccnc3F)o2)C2CCN1CC2. The maximum absolute atomic E-state index is 13.7. The molecule has 0 aromatic carbocycles. The molecule has 3 fully saturated rings. The highest BCUT2D eigenvalue weighted by molar-refractivity contribution is 5.92. The van der Waals surface area contributed by atoms with E-state index in [4.69, 9.17) is 4.42 Å². The lowest BCUT2D eigenvalue weighted by Gasteiger charge is -2.49. The molecule has 24 heavy (non-hydrogen) atoms. The van der Waals surface area contributed by atoms with Gasteiger partial charge in [-0.25, -0.2) is 4.98 Å². The average Bonchev–Trinajstić information content (AvgIpc) is 3.09. The summed E-state index contributed by atoms with van der Waals surface area (Å²) in [6, 6.07) is 6.89. The van der Waals surface area contributed by atoms with E-state index in [-0.39, 0.29) is 23.3 Å². The molecule has 0 radical (unpaired) electrons. The lowest BCUT2D eigenvalue weighted by Crippen LogP contribution is -2.62. The number of rotatable bonds is 3. The summed E-state index contributed by atoms with van der Waals surface area (Å²) >= 11 is 0. The van der Waals surface area contributed by atoms with E-state index >= 15 is 0 Å². The zero-order valence-electron chi connectivity index (χ0n) is 13.5. The predicted octanol–water partition coefficient (Wildman–Crippen LogP) is 2.69. The summed E-state index contributed by atoms with van der Waals surface area (Å²) < 4.78 is 19.3. The maximum atomic E-state index is 13.7. The Kier molecular flexibility index (Phi) is 3.84. The minimum atomic E-state index is -0.607. The summed E-state index contributed by atoms with van der Waals surface area (Å²) in [6.07, 6.45) is 3.63. The second-order valence-electron chi connectivity index (χ2n) is 6.62. The Morgan fingerprint density at radius 1 is 1.33 bits per heavy atom. The topological polar surface area (TPSA) is 58.4 Å². The summed E-state index contributed by atoms with van der Waals surface area (Å²) in [5.74, 6) is 0.199. The Balaban J connectivity index is 1.51. The van der Waals surface area contributed by atoms with Gasteiger partial charge in [0, 0.05) is 18.3 Å². The first-order valence-electron chi connectivity index (χ1n) is 8.39. The van der Waals surface area contributed by atoms with Gasteiger partial charge in [-0.3, -0.25) is 9.69 Å². The molecule has 2 aromatic rings. The third kappa shape index (κ3) is 2.60. The van der Waals surface area contributed by atoms with Gasteiger partial charge in [0.15, 0.2) is 5.76 Å². The molecular formula is C18H20FN3O2. The van der Waals surface area contributed by atoms with Crippen LogP contribution in [0.2, 0.25) is 0 Å². The molecule has 6 heteroatoms. The summed E-state index contributed by atoms with van der Waals surface area (Å²) in [4.78, 5) is 18.6. The van der Waals surface area contributed by atoms with E-state index in [0.717, 1.165) is 25.9 Å². The van der Waals surface area contributed by atoms with Gasteiger partial charge < -0.3 is 9.73 Å². The number of nitrogens with one attached hydrogen (secondary N) is 1. The number of hydrogen-bond acceptors (Lipinski definition) is 4. The molecule has 5 heterocycles. The van der Waals surface area contributed by atoms with E-state index in [1.165, 1.54) is 6.20 Å². The molecule has 0 saturated carbocycles. The number of aromatic nitrogens is 1. The van der Waals surface area contributed by atoms with Crippen molar-refractivity contribution >= 4 is 5.91 Å². The van der Waals surface area contributed by atoms with Gasteiger partial charge in [0.1, 0.15) is 5.76 Å². The van der Waals surface area contributed by atoms with Gasteiger partial charge in [-0.05, 0) is 63.0 Å². The number of amides is 1. The van der Waals surface area contributed by atoms with Crippen LogP contribution in [0.3, 0.4) is 0 Å². The molecule has 1 amide bonds. The van der Waals surface area contributed by atoms with Crippen LogP contribution in [-0.4, -0.2) is 41.0 Å². The smallest absolute Gasteiger partial charge is 0.287 e. The first kappa shape index (κ1) is 15.3. The molecule has 2 bridgehead atoms. The fraction of sp³-hybridized carbons (Fsp3) is 0.444. The molecule has 5 nitrogen and oxygen atoms in total. The molecule has 0 unspecified atom stereocenters. The lowest BCUT2D eigenvalue weighted by atomic mass is 9.79. The van der Waals surface area contributed by atoms with Crippen molar-refractivity contribution in [2.75, 3.05) is 13.1 Å². The van der Waals surface area contributed by atoms with Crippen molar-refractivity contribution in [1.29, 1.82) is 0 Å². The Morgan fingerprint density at radius 2 is 2.12 bits per heavy atom. The molecule has 3 saturated heterocycles. The van der Waals surface area contributed by atoms with Crippen LogP contribution in [0.25, 0.3) is 11.3 Å². The van der Waals surface area contributed by atoms with E-state index < -0.39 is 5.95 Å². The van der Waals surface area contributed by atoms with Gasteiger partial charge in [-0.1, -0.05) is 0 Å². The van der Waals surface area contributed by atoms with Crippen LogP contribution >= 0.6 is 0 Å². The average molecular weight is 329 g/mol. The van der Waals surface area contributed by atoms with E-state index in [9.17, 15) is 9.18 Å². The van der Waals surface area contributed by atoms with Crippen molar-refractivity contribution in [1.82, 2.24) is 15.2 Å². The minimum Gasteiger partial charge on any atom is -0.451 e. The van der Waals surface area contributed by atoms with Crippen molar-refractivity contribution in [2.45, 2.75) is 31.8 Å². The van der Waals surface area contributed by atoms with Crippen LogP contribution in [0, 0.1) is 11.9 Å². The first-order valence-corrected chi connectivity index (χ1v) is 8.39. The minimum absolute atomic E-state index is 0.142. The van der Waals surface area contributed by atoms with Crippen molar-refractivity contribution in [3.8, 4) is 11.3 Å². The van der Waals surface area contributed by atoms with Crippen LogP contribution in [0.4, 0.5) is 4.39 Å². The van der Waals surface area contributed by atoms with E-state index in [1.807, 2.05) is 0 Å². The molecule has 5 rings (SSSR count). The Morgan fingerprint density at radius 3 is 2.83 bits per heavy atom. The van der Waals surface area contributed by atoms with Crippen molar-refractivity contribution < 1.29 is 13.6 Å². The second-order valence-corrected chi connectivity index (χ2v) is 6.62. The van der Waals surface area contributed by atoms with Gasteiger partial charge in [-0.15, -0.1) is 0 Å². The summed E-state index contributed by atoms with van der Waals surface area (Å²) in [6.45, 7) is 4.39. The molecule has 2 atom stereocenters. The zero-order valence-corrected chi connectivity index (χ0v) is 13.5. The Bertz CT molecular complexity index is 750. The van der Waals surface area contributed by atoms with Crippen molar-refractivity contribution in [3.63, 3.8) is 0 Å². The number of furan rings is 1. The van der Waals surface area contributed by atoms with Gasteiger partial charge in [0.05, 0.1) is 5.56 Å². The molecule has 1 N–H and O–H groups in total. The molecule has 2 aromatic heterocycles. The zero-order chi connectivity index (χ0) is 16.7. The number of pyridine rings is 1. The fourth-order valence-corrected chi connectivity index (χ4v) is 3.94. The third-order valence-corrected chi connectivity index (χ3v) is 5.33. The van der Waals surface area contributed by atoms with Crippen molar-refractivity contribution in [2.24, 2.45) is 5.92 Å². The third-order valence-electron chi connectivity index (χ3n) is 5.33. The summed E-state index contributed by atoms with van der Waals surface area (Å²) in [7, 11) is 0. The highest BCUT2D eigenvalue weighted by Crippen LogP contribution is 2.32. The van der Waals surface area contributed by atoms with Gasteiger partial charge in [0.2, 0.25) is 5.95 Å². The van der Waals surface area contributed by atoms with Crippen LogP contribution in [0.1, 0.15) is 30.3 Å². The van der Waals surface area contributed by atoms with Crippen LogP contribution in [-0.2, 0) is 0 Å². The number of carbonyl (C=O) groups excluding carboxylic acids is 1. The number of nitrogens with zero attached hydrogens (tertiary/aromatic N) is 2. The van der Waals surface area contributed by atoms with Crippen molar-refractivity contribution in [3.05, 3.63) is 42.2 Å². The largest absolute Gasteiger partial charge is 0.451 e. The fourth-order valence-electron chi connectivity index (χ4n) is 3.94. The molecular weight excluding hydrogens is 309 g/mol. The highest BCUT2D eigenvalue weighted by Gasteiger charge is 2.40. The van der Waals surface area contributed by atoms with Gasteiger partial charge in [0.25, 0.3) is 5.91 Å². The summed E-state index contributed by atoms with van der Waals surface area (Å²) in [5.41, 5.74) is 0.257. The number of carbonyl (C=O) groups is 1. The molecule has 0 spiro atoms. The number of hydrogen-bond donors (Lipinski definition) is 1. The quantitative estimate of drug-likeness (QED) is 0.880. The molecule has 0 aliphatic carbocycles. The second kappa shape index (κ2) is 6.02. The normalized spacial score (nSPS) is 28.8. The van der Waals surface area contributed by atoms with E-state index in [2.05, 4.69) is 22.1 Å². The van der Waals surface area contributed by atoms with Gasteiger partial charge in [-0.2, -0.15) is 4.39 Å². The monoisotopic (exact) mass is 329 g/mol. The predicted molar refractivity (Wildman–Crippen MR) is 86.9 cm³/mol. The lowest BCUT2D eigenvalue weighted by molar-refractivity contribution is 0.0211. The first-order chi connectivity index (χ1) is 11.6. The standard InChI is InChI=1S/C18H20FN3O2/c1-11-16(12-6-9-22(11)10-7-12)21-18(23)15-5-4-14(24-15)13-3-2-8-20-17(13)19/h2-5,8,11-12,16H,6-7,9-10H2,1H3,(H,21,23)/t11-,16-/m0/s1. The molecule has 126 valence electrons. The molecule has 3 aliphatic rings. The Hall–Kier alpha value is -2.21. The number of piperidine rings is 3. The maximum Gasteiger partial charge on any atom is 0.287 e. The van der Waals surface area contributed by atoms with Crippen LogP contribution in [0.5, 0.6) is 0 Å². The van der Waals surface area contributed by atoms with Crippen LogP contribution in [0.15, 0.2) is 34.9 Å². The highest BCUT2D eigenvalue weighted by atomic mass is 19.1. The van der Waals surface area contributed by atoms with Gasteiger partial charge >= 0.3 is 0 Å². The van der Waals surface area contributed by atoms with Crippen LogP contribution < -0.4 is 5.32 Å². The Labute approximate surface area is 139 Å². The summed E-state index contributed by atoms with van der Waals surface area (Å²) in [5, 5.41) is 3.11. The number of fused-ring (bicyclic) bond motifs is 3. The van der Waals surface area contributed by atoms with E-state index in [1.54, 1.807) is 24.3 Å².